The van der Waals surface area contributed by atoms with Crippen molar-refractivity contribution in [3.63, 3.8) is 0 Å². The number of hydrogen-bond donors (Lipinski definition) is 0. The molecule has 0 spiro atoms. The molecule has 112 valence electrons. The highest BCUT2D eigenvalue weighted by Gasteiger charge is 2.32. The normalized spacial score (nSPS) is 11.1. The Morgan fingerprint density at radius 1 is 1.40 bits per heavy atom. The number of nitrogens with zero attached hydrogens (tertiary/aromatic N) is 1. The zero-order valence-electron chi connectivity index (χ0n) is 10.8. The monoisotopic (exact) mass is 355 g/mol. The Hall–Kier alpha value is -1.44. The first-order chi connectivity index (χ1) is 9.23. The lowest BCUT2D eigenvalue weighted by molar-refractivity contribution is -0.274. The van der Waals surface area contributed by atoms with E-state index in [2.05, 4.69) is 20.7 Å². The molecule has 0 radical (unpaired) electrons. The topological polar surface area (TPSA) is 38.8 Å². The molecule has 0 unspecified atom stereocenters. The van der Waals surface area contributed by atoms with Gasteiger partial charge in [0.05, 0.1) is 4.47 Å². The SMILES string of the molecule is CCN(C)C(=O)COc1ccc(OC(F)(F)F)c(Br)c1. The Balaban J connectivity index is 2.66. The molecule has 1 aromatic rings. The summed E-state index contributed by atoms with van der Waals surface area (Å²) in [6, 6.07) is 3.71. The molecular formula is C12H13BrF3NO3. The molecular weight excluding hydrogens is 343 g/mol. The predicted molar refractivity (Wildman–Crippen MR) is 69.6 cm³/mol. The number of carbonyl (C=O) groups excluding carboxylic acids is 1. The summed E-state index contributed by atoms with van der Waals surface area (Å²) in [7, 11) is 1.63. The summed E-state index contributed by atoms with van der Waals surface area (Å²) >= 11 is 2.95. The highest BCUT2D eigenvalue weighted by Crippen LogP contribution is 2.33. The Kier molecular flexibility index (Phi) is 5.67. The fourth-order valence-electron chi connectivity index (χ4n) is 1.21. The maximum Gasteiger partial charge on any atom is 0.573 e. The van der Waals surface area contributed by atoms with Crippen LogP contribution in [0.25, 0.3) is 0 Å². The predicted octanol–water partition coefficient (Wildman–Crippen LogP) is 3.20. The highest BCUT2D eigenvalue weighted by molar-refractivity contribution is 9.10. The number of rotatable bonds is 5. The number of likely N-dealkylation sites (N-methyl/N-ethyl adjacent to an activating group) is 1. The van der Waals surface area contributed by atoms with Crippen molar-refractivity contribution >= 4 is 21.8 Å². The summed E-state index contributed by atoms with van der Waals surface area (Å²) < 4.78 is 45.3. The molecule has 20 heavy (non-hydrogen) atoms. The Bertz CT molecular complexity index is 480. The van der Waals surface area contributed by atoms with E-state index in [1.165, 1.54) is 17.0 Å². The largest absolute Gasteiger partial charge is 0.573 e. The highest BCUT2D eigenvalue weighted by atomic mass is 79.9. The van der Waals surface area contributed by atoms with E-state index in [0.717, 1.165) is 6.07 Å². The van der Waals surface area contributed by atoms with Gasteiger partial charge in [0.2, 0.25) is 0 Å². The van der Waals surface area contributed by atoms with Gasteiger partial charge in [0.1, 0.15) is 11.5 Å². The molecule has 1 aromatic carbocycles. The summed E-state index contributed by atoms with van der Waals surface area (Å²) in [5, 5.41) is 0. The van der Waals surface area contributed by atoms with Crippen LogP contribution in [0.3, 0.4) is 0 Å². The minimum atomic E-state index is -4.76. The number of carbonyl (C=O) groups is 1. The molecule has 4 nitrogen and oxygen atoms in total. The third kappa shape index (κ3) is 5.28. The average Bonchev–Trinajstić information content (AvgIpc) is 2.36. The van der Waals surface area contributed by atoms with E-state index in [9.17, 15) is 18.0 Å². The van der Waals surface area contributed by atoms with E-state index in [1.807, 2.05) is 6.92 Å². The minimum absolute atomic E-state index is 0.0867. The van der Waals surface area contributed by atoms with Gasteiger partial charge in [-0.1, -0.05) is 0 Å². The standard InChI is InChI=1S/C12H13BrF3NO3/c1-3-17(2)11(18)7-19-8-4-5-10(9(13)6-8)20-12(14,15)16/h4-6H,3,7H2,1-2H3. The first-order valence-corrected chi connectivity index (χ1v) is 6.44. The second kappa shape index (κ2) is 6.83. The van der Waals surface area contributed by atoms with Gasteiger partial charge in [-0.2, -0.15) is 0 Å². The van der Waals surface area contributed by atoms with Crippen LogP contribution in [0.4, 0.5) is 13.2 Å². The number of benzene rings is 1. The lowest BCUT2D eigenvalue weighted by Crippen LogP contribution is -2.31. The van der Waals surface area contributed by atoms with Crippen molar-refractivity contribution in [2.45, 2.75) is 13.3 Å². The van der Waals surface area contributed by atoms with Gasteiger partial charge in [-0.15, -0.1) is 13.2 Å². The molecule has 0 fully saturated rings. The van der Waals surface area contributed by atoms with Crippen molar-refractivity contribution < 1.29 is 27.4 Å². The molecule has 1 amide bonds. The smallest absolute Gasteiger partial charge is 0.484 e. The fourth-order valence-corrected chi connectivity index (χ4v) is 1.65. The van der Waals surface area contributed by atoms with E-state index in [0.29, 0.717) is 6.54 Å². The molecule has 0 aliphatic rings. The van der Waals surface area contributed by atoms with Crippen LogP contribution < -0.4 is 9.47 Å². The summed E-state index contributed by atoms with van der Waals surface area (Å²) in [6.07, 6.45) is -4.76. The van der Waals surface area contributed by atoms with E-state index in [-0.39, 0.29) is 28.5 Å². The zero-order valence-corrected chi connectivity index (χ0v) is 12.4. The van der Waals surface area contributed by atoms with Crippen LogP contribution in [-0.2, 0) is 4.79 Å². The minimum Gasteiger partial charge on any atom is -0.484 e. The lowest BCUT2D eigenvalue weighted by Gasteiger charge is -2.15. The van der Waals surface area contributed by atoms with Gasteiger partial charge in [-0.3, -0.25) is 4.79 Å². The molecule has 0 N–H and O–H groups in total. The molecule has 1 rings (SSSR count). The van der Waals surface area contributed by atoms with Crippen molar-refractivity contribution in [3.05, 3.63) is 22.7 Å². The van der Waals surface area contributed by atoms with Gasteiger partial charge in [0.25, 0.3) is 5.91 Å². The van der Waals surface area contributed by atoms with Crippen molar-refractivity contribution in [2.24, 2.45) is 0 Å². The van der Waals surface area contributed by atoms with Crippen LogP contribution in [0.2, 0.25) is 0 Å². The second-order valence-corrected chi connectivity index (χ2v) is 4.69. The molecule has 0 heterocycles. The first-order valence-electron chi connectivity index (χ1n) is 5.65. The average molecular weight is 356 g/mol. The summed E-state index contributed by atoms with van der Waals surface area (Å²) in [4.78, 5) is 13.0. The Morgan fingerprint density at radius 2 is 2.05 bits per heavy atom. The van der Waals surface area contributed by atoms with E-state index >= 15 is 0 Å². The van der Waals surface area contributed by atoms with E-state index in [1.54, 1.807) is 7.05 Å². The molecule has 8 heteroatoms. The van der Waals surface area contributed by atoms with Gasteiger partial charge in [0, 0.05) is 13.6 Å². The van der Waals surface area contributed by atoms with Crippen molar-refractivity contribution in [1.29, 1.82) is 0 Å². The van der Waals surface area contributed by atoms with Gasteiger partial charge >= 0.3 is 6.36 Å². The van der Waals surface area contributed by atoms with Crippen LogP contribution in [0.5, 0.6) is 11.5 Å². The van der Waals surface area contributed by atoms with Crippen LogP contribution in [-0.4, -0.2) is 37.4 Å². The summed E-state index contributed by atoms with van der Waals surface area (Å²) in [5.74, 6) is -0.328. The van der Waals surface area contributed by atoms with E-state index < -0.39 is 6.36 Å². The molecule has 0 bridgehead atoms. The van der Waals surface area contributed by atoms with Gasteiger partial charge in [-0.25, -0.2) is 0 Å². The Labute approximate surface area is 122 Å². The molecule has 0 aromatic heterocycles. The number of ether oxygens (including phenoxy) is 2. The van der Waals surface area contributed by atoms with Gasteiger partial charge in [0.15, 0.2) is 6.61 Å². The number of hydrogen-bond acceptors (Lipinski definition) is 3. The summed E-state index contributed by atoms with van der Waals surface area (Å²) in [6.45, 7) is 2.18. The third-order valence-corrected chi connectivity index (χ3v) is 3.01. The van der Waals surface area contributed by atoms with Crippen molar-refractivity contribution in [1.82, 2.24) is 4.90 Å². The number of halogens is 4. The third-order valence-electron chi connectivity index (χ3n) is 2.39. The molecule has 0 saturated carbocycles. The van der Waals surface area contributed by atoms with Gasteiger partial charge < -0.3 is 14.4 Å². The van der Waals surface area contributed by atoms with Gasteiger partial charge in [-0.05, 0) is 41.1 Å². The second-order valence-electron chi connectivity index (χ2n) is 3.84. The summed E-state index contributed by atoms with van der Waals surface area (Å²) in [5.41, 5.74) is 0. The lowest BCUT2D eigenvalue weighted by atomic mass is 10.3. The van der Waals surface area contributed by atoms with Crippen LogP contribution >= 0.6 is 15.9 Å². The number of amides is 1. The molecule has 0 atom stereocenters. The van der Waals surface area contributed by atoms with Crippen LogP contribution in [0.1, 0.15) is 6.92 Å². The molecule has 0 aliphatic heterocycles. The quantitative estimate of drug-likeness (QED) is 0.813. The zero-order chi connectivity index (χ0) is 15.3. The van der Waals surface area contributed by atoms with Crippen LogP contribution in [0, 0.1) is 0 Å². The van der Waals surface area contributed by atoms with Crippen molar-refractivity contribution in [2.75, 3.05) is 20.2 Å². The maximum atomic E-state index is 12.1. The van der Waals surface area contributed by atoms with Crippen molar-refractivity contribution in [3.8, 4) is 11.5 Å². The van der Waals surface area contributed by atoms with Crippen LogP contribution in [0.15, 0.2) is 22.7 Å². The number of alkyl halides is 3. The molecule has 0 saturated heterocycles. The Morgan fingerprint density at radius 3 is 2.55 bits per heavy atom. The molecule has 0 aliphatic carbocycles. The van der Waals surface area contributed by atoms with E-state index in [4.69, 9.17) is 4.74 Å². The maximum absolute atomic E-state index is 12.1. The fraction of sp³-hybridized carbons (Fsp3) is 0.417. The first kappa shape index (κ1) is 16.6.